The van der Waals surface area contributed by atoms with Crippen LogP contribution in [0.15, 0.2) is 90.3 Å². The summed E-state index contributed by atoms with van der Waals surface area (Å²) >= 11 is 0. The molecule has 0 saturated carbocycles. The molecular weight excluding hydrogens is 372 g/mol. The molecule has 3 rings (SSSR count). The van der Waals surface area contributed by atoms with Crippen molar-refractivity contribution in [1.82, 2.24) is 10.3 Å². The van der Waals surface area contributed by atoms with Crippen molar-refractivity contribution in [3.63, 3.8) is 0 Å². The van der Waals surface area contributed by atoms with Gasteiger partial charge in [0.15, 0.2) is 0 Å². The Morgan fingerprint density at radius 2 is 1.73 bits per heavy atom. The molecule has 1 unspecified atom stereocenters. The molecule has 0 amide bonds. The molecule has 154 valence electrons. The number of para-hydroxylation sites is 1. The van der Waals surface area contributed by atoms with Crippen molar-refractivity contribution in [2.24, 2.45) is 0 Å². The zero-order valence-electron chi connectivity index (χ0n) is 17.6. The molecule has 1 aromatic heterocycles. The number of phenols is 2. The molecule has 0 spiro atoms. The molecule has 1 atom stereocenters. The number of aromatic hydroxyl groups is 2. The second-order valence-corrected chi connectivity index (χ2v) is 7.32. The van der Waals surface area contributed by atoms with E-state index in [0.29, 0.717) is 16.6 Å². The number of allylic oxidation sites excluding steroid dienone is 6. The third kappa shape index (κ3) is 4.90. The summed E-state index contributed by atoms with van der Waals surface area (Å²) in [7, 11) is 0. The van der Waals surface area contributed by atoms with Crippen LogP contribution in [0.2, 0.25) is 0 Å². The Kier molecular flexibility index (Phi) is 6.91. The molecule has 0 aliphatic rings. The minimum atomic E-state index is -0.435. The number of fused-ring (bicyclic) bond motifs is 1. The number of aromatic nitrogens is 1. The predicted octanol–water partition coefficient (Wildman–Crippen LogP) is 6.14. The van der Waals surface area contributed by atoms with Crippen molar-refractivity contribution in [2.75, 3.05) is 0 Å². The van der Waals surface area contributed by atoms with Gasteiger partial charge < -0.3 is 15.5 Å². The predicted molar refractivity (Wildman–Crippen MR) is 123 cm³/mol. The van der Waals surface area contributed by atoms with Crippen LogP contribution >= 0.6 is 0 Å². The Morgan fingerprint density at radius 1 is 0.967 bits per heavy atom. The topological polar surface area (TPSA) is 65.4 Å². The number of nitrogens with zero attached hydrogens (tertiary/aromatic N) is 1. The van der Waals surface area contributed by atoms with Crippen LogP contribution in [0.3, 0.4) is 0 Å². The number of nitrogens with one attached hydrogen (secondary N) is 1. The molecule has 0 radical (unpaired) electrons. The number of rotatable bonds is 7. The lowest BCUT2D eigenvalue weighted by atomic mass is 9.95. The molecule has 4 heteroatoms. The molecule has 30 heavy (non-hydrogen) atoms. The van der Waals surface area contributed by atoms with Crippen LogP contribution in [-0.4, -0.2) is 15.2 Å². The standard InChI is InChI=1S/C26H28N2O2/c1-4-18(2)10-5-6-11-19(3)28-25(21-13-7-8-14-23(21)29)22-16-15-20-12-9-17-27-24(20)26(22)30/h5-17,25,28-30H,4H2,1-3H3/b6-5-,18-10+,19-11+. The fraction of sp³-hybridized carbons (Fsp3) is 0.192. The van der Waals surface area contributed by atoms with Gasteiger partial charge in [-0.2, -0.15) is 0 Å². The lowest BCUT2D eigenvalue weighted by Gasteiger charge is -2.23. The van der Waals surface area contributed by atoms with E-state index in [1.807, 2.05) is 61.5 Å². The highest BCUT2D eigenvalue weighted by Crippen LogP contribution is 2.37. The third-order valence-electron chi connectivity index (χ3n) is 5.11. The van der Waals surface area contributed by atoms with Gasteiger partial charge in [0, 0.05) is 28.4 Å². The molecule has 0 bridgehead atoms. The van der Waals surface area contributed by atoms with E-state index in [1.54, 1.807) is 18.3 Å². The molecule has 1 heterocycles. The molecule has 2 aromatic carbocycles. The monoisotopic (exact) mass is 400 g/mol. The Bertz CT molecular complexity index is 1110. The maximum absolute atomic E-state index is 11.0. The lowest BCUT2D eigenvalue weighted by molar-refractivity contribution is 0.450. The van der Waals surface area contributed by atoms with Gasteiger partial charge in [0.1, 0.15) is 17.0 Å². The average Bonchev–Trinajstić information content (AvgIpc) is 2.76. The van der Waals surface area contributed by atoms with E-state index in [4.69, 9.17) is 0 Å². The van der Waals surface area contributed by atoms with Gasteiger partial charge in [-0.25, -0.2) is 0 Å². The van der Waals surface area contributed by atoms with Crippen LogP contribution < -0.4 is 5.32 Å². The second kappa shape index (κ2) is 9.79. The summed E-state index contributed by atoms with van der Waals surface area (Å²) in [4.78, 5) is 4.33. The van der Waals surface area contributed by atoms with Crippen LogP contribution in [0.1, 0.15) is 44.4 Å². The molecular formula is C26H28N2O2. The Labute approximate surface area is 177 Å². The maximum atomic E-state index is 11.0. The Hall–Kier alpha value is -3.53. The molecule has 4 nitrogen and oxygen atoms in total. The first-order valence-corrected chi connectivity index (χ1v) is 10.1. The zero-order valence-corrected chi connectivity index (χ0v) is 17.6. The second-order valence-electron chi connectivity index (χ2n) is 7.32. The first-order valence-electron chi connectivity index (χ1n) is 10.1. The van der Waals surface area contributed by atoms with E-state index in [2.05, 4.69) is 30.2 Å². The van der Waals surface area contributed by atoms with Crippen molar-refractivity contribution in [2.45, 2.75) is 33.2 Å². The van der Waals surface area contributed by atoms with Gasteiger partial charge in [0.05, 0.1) is 6.04 Å². The van der Waals surface area contributed by atoms with Crippen LogP contribution in [0.5, 0.6) is 11.5 Å². The summed E-state index contributed by atoms with van der Waals surface area (Å²) in [6, 6.07) is 14.3. The Morgan fingerprint density at radius 3 is 2.50 bits per heavy atom. The number of phenolic OH excluding ortho intramolecular Hbond substituents is 2. The zero-order chi connectivity index (χ0) is 21.5. The van der Waals surface area contributed by atoms with Gasteiger partial charge in [-0.15, -0.1) is 0 Å². The summed E-state index contributed by atoms with van der Waals surface area (Å²) in [5.41, 5.74) is 4.09. The van der Waals surface area contributed by atoms with Gasteiger partial charge in [-0.3, -0.25) is 4.98 Å². The summed E-state index contributed by atoms with van der Waals surface area (Å²) in [6.45, 7) is 6.19. The van der Waals surface area contributed by atoms with Gasteiger partial charge in [0.2, 0.25) is 0 Å². The van der Waals surface area contributed by atoms with Crippen LogP contribution in [0.25, 0.3) is 10.9 Å². The summed E-state index contributed by atoms with van der Waals surface area (Å²) in [6.07, 6.45) is 10.7. The van der Waals surface area contributed by atoms with Gasteiger partial charge in [0.25, 0.3) is 0 Å². The van der Waals surface area contributed by atoms with Gasteiger partial charge >= 0.3 is 0 Å². The number of hydrogen-bond acceptors (Lipinski definition) is 4. The molecule has 0 aliphatic carbocycles. The van der Waals surface area contributed by atoms with Crippen molar-refractivity contribution in [3.05, 3.63) is 101 Å². The smallest absolute Gasteiger partial charge is 0.147 e. The largest absolute Gasteiger partial charge is 0.508 e. The summed E-state index contributed by atoms with van der Waals surface area (Å²) in [5, 5.41) is 25.7. The minimum Gasteiger partial charge on any atom is -0.508 e. The number of pyridine rings is 1. The van der Waals surface area contributed by atoms with E-state index in [0.717, 1.165) is 17.5 Å². The van der Waals surface area contributed by atoms with E-state index in [1.165, 1.54) is 5.57 Å². The summed E-state index contributed by atoms with van der Waals surface area (Å²) in [5.74, 6) is 0.277. The van der Waals surface area contributed by atoms with E-state index in [-0.39, 0.29) is 11.5 Å². The van der Waals surface area contributed by atoms with Crippen LogP contribution in [0.4, 0.5) is 0 Å². The fourth-order valence-corrected chi connectivity index (χ4v) is 3.25. The SMILES string of the molecule is CC/C(C)=C/C=C\C=C(/C)NC(c1ccccc1O)c1ccc2cccnc2c1O. The fourth-order valence-electron chi connectivity index (χ4n) is 3.25. The first kappa shape index (κ1) is 21.2. The van der Waals surface area contributed by atoms with E-state index < -0.39 is 6.04 Å². The number of benzene rings is 2. The highest BCUT2D eigenvalue weighted by atomic mass is 16.3. The van der Waals surface area contributed by atoms with Gasteiger partial charge in [-0.1, -0.05) is 67.1 Å². The molecule has 0 aliphatic heterocycles. The quantitative estimate of drug-likeness (QED) is 0.417. The van der Waals surface area contributed by atoms with Crippen molar-refractivity contribution in [1.29, 1.82) is 0 Å². The first-order chi connectivity index (χ1) is 14.5. The van der Waals surface area contributed by atoms with E-state index in [9.17, 15) is 10.2 Å². The third-order valence-corrected chi connectivity index (χ3v) is 5.11. The van der Waals surface area contributed by atoms with Crippen molar-refractivity contribution < 1.29 is 10.2 Å². The van der Waals surface area contributed by atoms with Crippen LogP contribution in [0, 0.1) is 0 Å². The molecule has 3 N–H and O–H groups in total. The highest BCUT2D eigenvalue weighted by molar-refractivity contribution is 5.85. The summed E-state index contributed by atoms with van der Waals surface area (Å²) < 4.78 is 0. The minimum absolute atomic E-state index is 0.110. The Balaban J connectivity index is 2.01. The van der Waals surface area contributed by atoms with Crippen molar-refractivity contribution >= 4 is 10.9 Å². The molecule has 0 fully saturated rings. The lowest BCUT2D eigenvalue weighted by Crippen LogP contribution is -2.21. The van der Waals surface area contributed by atoms with E-state index >= 15 is 0 Å². The van der Waals surface area contributed by atoms with Crippen LogP contribution in [-0.2, 0) is 0 Å². The maximum Gasteiger partial charge on any atom is 0.147 e. The molecule has 3 aromatic rings. The highest BCUT2D eigenvalue weighted by Gasteiger charge is 2.22. The van der Waals surface area contributed by atoms with Gasteiger partial charge in [-0.05, 0) is 38.5 Å². The number of hydrogen-bond donors (Lipinski definition) is 3. The molecule has 0 saturated heterocycles. The average molecular weight is 401 g/mol. The normalized spacial score (nSPS) is 13.7. The van der Waals surface area contributed by atoms with Crippen molar-refractivity contribution in [3.8, 4) is 11.5 Å².